The molecule has 114 valence electrons. The van der Waals surface area contributed by atoms with Gasteiger partial charge in [0.2, 0.25) is 0 Å². The molecular weight excluding hydrogens is 250 g/mol. The van der Waals surface area contributed by atoms with Crippen LogP contribution in [0.25, 0.3) is 0 Å². The van der Waals surface area contributed by atoms with Crippen molar-refractivity contribution in [2.45, 2.75) is 82.3 Å². The molecule has 3 fully saturated rings. The van der Waals surface area contributed by atoms with Crippen LogP contribution in [0.1, 0.15) is 71.1 Å². The topological polar surface area (TPSA) is 38.3 Å². The highest BCUT2D eigenvalue weighted by atomic mass is 16.5. The van der Waals surface area contributed by atoms with Crippen molar-refractivity contribution in [2.24, 2.45) is 5.92 Å². The summed E-state index contributed by atoms with van der Waals surface area (Å²) in [6.07, 6.45) is 11.3. The Morgan fingerprint density at radius 2 is 2.00 bits per heavy atom. The van der Waals surface area contributed by atoms with Crippen molar-refractivity contribution >= 4 is 5.78 Å². The zero-order chi connectivity index (χ0) is 14.1. The summed E-state index contributed by atoms with van der Waals surface area (Å²) in [6, 6.07) is 0. The molecule has 3 nitrogen and oxygen atoms in total. The van der Waals surface area contributed by atoms with E-state index in [0.717, 1.165) is 45.3 Å². The number of nitrogens with one attached hydrogen (secondary N) is 1. The molecule has 2 saturated heterocycles. The number of ketones is 1. The lowest BCUT2D eigenvalue weighted by atomic mass is 9.71. The molecule has 1 saturated carbocycles. The Kier molecular flexibility index (Phi) is 4.19. The zero-order valence-electron chi connectivity index (χ0n) is 12.9. The van der Waals surface area contributed by atoms with Gasteiger partial charge in [0.25, 0.3) is 0 Å². The number of carbonyl (C=O) groups excluding carboxylic acids is 1. The van der Waals surface area contributed by atoms with Crippen LogP contribution >= 0.6 is 0 Å². The molecular formula is C17H29NO2. The van der Waals surface area contributed by atoms with E-state index in [-0.39, 0.29) is 17.1 Å². The summed E-state index contributed by atoms with van der Waals surface area (Å²) in [7, 11) is 0. The first-order valence-corrected chi connectivity index (χ1v) is 8.63. The van der Waals surface area contributed by atoms with Crippen LogP contribution in [-0.2, 0) is 9.53 Å². The van der Waals surface area contributed by atoms with Crippen molar-refractivity contribution in [3.63, 3.8) is 0 Å². The van der Waals surface area contributed by atoms with E-state index in [1.165, 1.54) is 32.1 Å². The lowest BCUT2D eigenvalue weighted by Crippen LogP contribution is -2.53. The van der Waals surface area contributed by atoms with Gasteiger partial charge in [-0.25, -0.2) is 0 Å². The minimum absolute atomic E-state index is 0.0460. The molecule has 0 bridgehead atoms. The number of carbonyl (C=O) groups is 1. The largest absolute Gasteiger partial charge is 0.375 e. The third-order valence-electron chi connectivity index (χ3n) is 5.95. The maximum atomic E-state index is 13.1. The fourth-order valence-corrected chi connectivity index (χ4v) is 4.68. The van der Waals surface area contributed by atoms with Gasteiger partial charge in [0.15, 0.2) is 5.78 Å². The fraction of sp³-hybridized carbons (Fsp3) is 0.941. The summed E-state index contributed by atoms with van der Waals surface area (Å²) in [6.45, 7) is 3.95. The highest BCUT2D eigenvalue weighted by Gasteiger charge is 2.47. The fourth-order valence-electron chi connectivity index (χ4n) is 4.68. The first-order chi connectivity index (χ1) is 9.70. The Labute approximate surface area is 122 Å². The maximum absolute atomic E-state index is 13.1. The minimum atomic E-state index is -0.210. The van der Waals surface area contributed by atoms with Crippen molar-refractivity contribution in [1.82, 2.24) is 5.32 Å². The number of rotatable bonds is 3. The molecule has 0 aromatic rings. The second kappa shape index (κ2) is 5.76. The van der Waals surface area contributed by atoms with E-state index < -0.39 is 0 Å². The average molecular weight is 279 g/mol. The van der Waals surface area contributed by atoms with Gasteiger partial charge in [-0.15, -0.1) is 0 Å². The number of Topliss-reactive ketones (excluding diaryl/α,β-unsaturated/α-hetero) is 1. The highest BCUT2D eigenvalue weighted by Crippen LogP contribution is 2.42. The molecule has 1 aliphatic carbocycles. The summed E-state index contributed by atoms with van der Waals surface area (Å²) in [5, 5.41) is 3.52. The Bertz CT molecular complexity index is 348. The standard InChI is InChI=1S/C17H29NO2/c1-2-17(10-6-11-18-17)15(19)14-7-12-20-16(13-14)8-4-3-5-9-16/h14,18H,2-13H2,1H3. The van der Waals surface area contributed by atoms with Crippen LogP contribution in [-0.4, -0.2) is 30.1 Å². The number of hydrogen-bond acceptors (Lipinski definition) is 3. The Balaban J connectivity index is 1.71. The molecule has 0 radical (unpaired) electrons. The van der Waals surface area contributed by atoms with Crippen LogP contribution in [0.5, 0.6) is 0 Å². The van der Waals surface area contributed by atoms with E-state index in [9.17, 15) is 4.79 Å². The molecule has 20 heavy (non-hydrogen) atoms. The summed E-state index contributed by atoms with van der Waals surface area (Å²) in [5.41, 5.74) is -0.164. The molecule has 3 rings (SSSR count). The third-order valence-corrected chi connectivity index (χ3v) is 5.95. The lowest BCUT2D eigenvalue weighted by molar-refractivity contribution is -0.147. The molecule has 3 heteroatoms. The third kappa shape index (κ3) is 2.55. The van der Waals surface area contributed by atoms with Gasteiger partial charge in [0.1, 0.15) is 0 Å². The van der Waals surface area contributed by atoms with E-state index in [4.69, 9.17) is 4.74 Å². The number of hydrogen-bond donors (Lipinski definition) is 1. The van der Waals surface area contributed by atoms with Gasteiger partial charge in [-0.3, -0.25) is 4.79 Å². The second-order valence-electron chi connectivity index (χ2n) is 7.11. The van der Waals surface area contributed by atoms with Gasteiger partial charge >= 0.3 is 0 Å². The Morgan fingerprint density at radius 3 is 2.65 bits per heavy atom. The average Bonchev–Trinajstić information content (AvgIpc) is 2.97. The van der Waals surface area contributed by atoms with Gasteiger partial charge in [-0.05, 0) is 51.5 Å². The SMILES string of the molecule is CCC1(C(=O)C2CCOC3(CCCCC3)C2)CCCN1. The number of ether oxygens (including phenoxy) is 1. The van der Waals surface area contributed by atoms with Crippen LogP contribution in [0.4, 0.5) is 0 Å². The van der Waals surface area contributed by atoms with E-state index in [1.54, 1.807) is 0 Å². The maximum Gasteiger partial charge on any atom is 0.156 e. The first kappa shape index (κ1) is 14.5. The molecule has 1 N–H and O–H groups in total. The summed E-state index contributed by atoms with van der Waals surface area (Å²) < 4.78 is 6.14. The van der Waals surface area contributed by atoms with E-state index in [0.29, 0.717) is 5.78 Å². The van der Waals surface area contributed by atoms with Gasteiger partial charge in [0.05, 0.1) is 11.1 Å². The highest BCUT2D eigenvalue weighted by molar-refractivity contribution is 5.91. The van der Waals surface area contributed by atoms with Gasteiger partial charge in [-0.2, -0.15) is 0 Å². The van der Waals surface area contributed by atoms with Gasteiger partial charge < -0.3 is 10.1 Å². The molecule has 0 aromatic carbocycles. The normalized spacial score (nSPS) is 37.1. The molecule has 2 unspecified atom stereocenters. The van der Waals surface area contributed by atoms with Crippen molar-refractivity contribution < 1.29 is 9.53 Å². The summed E-state index contributed by atoms with van der Waals surface area (Å²) >= 11 is 0. The molecule has 1 spiro atoms. The van der Waals surface area contributed by atoms with Crippen molar-refractivity contribution in [3.05, 3.63) is 0 Å². The van der Waals surface area contributed by atoms with Crippen LogP contribution in [0, 0.1) is 5.92 Å². The Morgan fingerprint density at radius 1 is 1.20 bits per heavy atom. The van der Waals surface area contributed by atoms with Crippen LogP contribution in [0.2, 0.25) is 0 Å². The molecule has 2 aliphatic heterocycles. The zero-order valence-corrected chi connectivity index (χ0v) is 12.9. The van der Waals surface area contributed by atoms with Crippen LogP contribution in [0.15, 0.2) is 0 Å². The quantitative estimate of drug-likeness (QED) is 0.862. The van der Waals surface area contributed by atoms with Crippen molar-refractivity contribution in [2.75, 3.05) is 13.2 Å². The molecule has 2 heterocycles. The van der Waals surface area contributed by atoms with Crippen molar-refractivity contribution in [3.8, 4) is 0 Å². The summed E-state index contributed by atoms with van der Waals surface area (Å²) in [5.74, 6) is 0.721. The first-order valence-electron chi connectivity index (χ1n) is 8.63. The molecule has 0 amide bonds. The molecule has 3 aliphatic rings. The lowest BCUT2D eigenvalue weighted by Gasteiger charge is -2.44. The smallest absolute Gasteiger partial charge is 0.156 e. The molecule has 0 aromatic heterocycles. The van der Waals surface area contributed by atoms with E-state index >= 15 is 0 Å². The predicted octanol–water partition coefficient (Wildman–Crippen LogP) is 3.22. The van der Waals surface area contributed by atoms with E-state index in [1.807, 2.05) is 0 Å². The second-order valence-corrected chi connectivity index (χ2v) is 7.11. The molecule has 2 atom stereocenters. The van der Waals surface area contributed by atoms with E-state index in [2.05, 4.69) is 12.2 Å². The van der Waals surface area contributed by atoms with Gasteiger partial charge in [-0.1, -0.05) is 26.2 Å². The Hall–Kier alpha value is -0.410. The predicted molar refractivity (Wildman–Crippen MR) is 79.8 cm³/mol. The van der Waals surface area contributed by atoms with Crippen LogP contribution in [0.3, 0.4) is 0 Å². The van der Waals surface area contributed by atoms with Crippen molar-refractivity contribution in [1.29, 1.82) is 0 Å². The van der Waals surface area contributed by atoms with Gasteiger partial charge in [0, 0.05) is 12.5 Å². The minimum Gasteiger partial charge on any atom is -0.375 e. The summed E-state index contributed by atoms with van der Waals surface area (Å²) in [4.78, 5) is 13.1. The monoisotopic (exact) mass is 279 g/mol. The van der Waals surface area contributed by atoms with Crippen LogP contribution < -0.4 is 5.32 Å².